The molecule has 3 N–H and O–H groups in total. The summed E-state index contributed by atoms with van der Waals surface area (Å²) in [5.41, 5.74) is 4.16. The third-order valence-corrected chi connectivity index (χ3v) is 4.23. The number of nitro groups is 2. The molecular formula is C19H15N7O7. The fraction of sp³-hybridized carbons (Fsp3) is 0.0526. The number of para-hydroxylation sites is 1. The van der Waals surface area contributed by atoms with Crippen molar-refractivity contribution in [1.82, 2.24) is 15.4 Å². The van der Waals surface area contributed by atoms with Gasteiger partial charge in [-0.25, -0.2) is 14.8 Å². The molecule has 168 valence electrons. The van der Waals surface area contributed by atoms with Crippen LogP contribution in [-0.4, -0.2) is 38.8 Å². The Bertz CT molecular complexity index is 1230. The van der Waals surface area contributed by atoms with E-state index in [9.17, 15) is 29.8 Å². The van der Waals surface area contributed by atoms with Gasteiger partial charge in [-0.2, -0.15) is 0 Å². The van der Waals surface area contributed by atoms with Gasteiger partial charge in [0.15, 0.2) is 0 Å². The Balaban J connectivity index is 1.84. The van der Waals surface area contributed by atoms with Crippen molar-refractivity contribution in [2.24, 2.45) is 0 Å². The molecular weight excluding hydrogens is 438 g/mol. The van der Waals surface area contributed by atoms with E-state index in [1.54, 1.807) is 12.1 Å². The lowest BCUT2D eigenvalue weighted by molar-refractivity contribution is -0.384. The van der Waals surface area contributed by atoms with Gasteiger partial charge in [-0.3, -0.25) is 35.9 Å². The molecule has 1 heterocycles. The summed E-state index contributed by atoms with van der Waals surface area (Å²) in [6.07, 6.45) is 1.01. The zero-order valence-corrected chi connectivity index (χ0v) is 16.8. The summed E-state index contributed by atoms with van der Waals surface area (Å²) in [6, 6.07) is 10.9. The number of amides is 1. The van der Waals surface area contributed by atoms with Crippen molar-refractivity contribution in [3.63, 3.8) is 0 Å². The summed E-state index contributed by atoms with van der Waals surface area (Å²) in [7, 11) is 1.20. The van der Waals surface area contributed by atoms with E-state index in [0.717, 1.165) is 18.5 Å². The molecule has 0 spiro atoms. The Hall–Kier alpha value is -5.14. The number of anilines is 3. The van der Waals surface area contributed by atoms with Crippen LogP contribution in [0.5, 0.6) is 0 Å². The molecule has 14 heteroatoms. The number of benzene rings is 2. The average Bonchev–Trinajstić information content (AvgIpc) is 2.82. The van der Waals surface area contributed by atoms with Crippen molar-refractivity contribution < 1.29 is 24.2 Å². The first-order valence-corrected chi connectivity index (χ1v) is 9.06. The zero-order valence-electron chi connectivity index (χ0n) is 16.8. The van der Waals surface area contributed by atoms with Crippen LogP contribution in [0.15, 0.2) is 54.9 Å². The molecule has 0 fully saturated rings. The van der Waals surface area contributed by atoms with Crippen molar-refractivity contribution in [3.8, 4) is 0 Å². The number of carbonyl (C=O) groups is 2. The van der Waals surface area contributed by atoms with Crippen LogP contribution in [0.4, 0.5) is 28.7 Å². The van der Waals surface area contributed by atoms with Gasteiger partial charge < -0.3 is 10.1 Å². The van der Waals surface area contributed by atoms with Crippen molar-refractivity contribution in [2.45, 2.75) is 0 Å². The summed E-state index contributed by atoms with van der Waals surface area (Å²) in [5.74, 6) is -1.98. The maximum atomic E-state index is 12.3. The second kappa shape index (κ2) is 9.78. The van der Waals surface area contributed by atoms with Gasteiger partial charge in [0.05, 0.1) is 28.2 Å². The maximum absolute atomic E-state index is 12.3. The normalized spacial score (nSPS) is 10.1. The van der Waals surface area contributed by atoms with Crippen molar-refractivity contribution in [3.05, 3.63) is 86.2 Å². The molecule has 1 amide bonds. The number of nitro benzene ring substituents is 1. The van der Waals surface area contributed by atoms with E-state index in [4.69, 9.17) is 4.74 Å². The Labute approximate surface area is 184 Å². The minimum Gasteiger partial charge on any atom is -0.465 e. The van der Waals surface area contributed by atoms with Crippen LogP contribution in [0.2, 0.25) is 0 Å². The van der Waals surface area contributed by atoms with Crippen LogP contribution in [-0.2, 0) is 4.74 Å². The van der Waals surface area contributed by atoms with E-state index >= 15 is 0 Å². The van der Waals surface area contributed by atoms with Gasteiger partial charge in [-0.05, 0) is 24.3 Å². The van der Waals surface area contributed by atoms with E-state index in [-0.39, 0.29) is 34.1 Å². The van der Waals surface area contributed by atoms with Gasteiger partial charge in [-0.15, -0.1) is 0 Å². The van der Waals surface area contributed by atoms with Crippen LogP contribution in [0.1, 0.15) is 20.7 Å². The number of nitrogens with one attached hydrogen (secondary N) is 3. The van der Waals surface area contributed by atoms with E-state index in [2.05, 4.69) is 26.1 Å². The number of rotatable bonds is 8. The lowest BCUT2D eigenvalue weighted by Gasteiger charge is -2.12. The SMILES string of the molecule is COC(=O)c1ccccc1Nc1ncnc(NNC(=O)c2ccc([N+](=O)[O-])cc2)c1[N+](=O)[O-]. The van der Waals surface area contributed by atoms with E-state index < -0.39 is 27.4 Å². The second-order valence-electron chi connectivity index (χ2n) is 6.22. The molecule has 0 aliphatic carbocycles. The molecule has 1 aromatic heterocycles. The molecule has 2 aromatic carbocycles. The number of non-ortho nitro benzene ring substituents is 1. The Morgan fingerprint density at radius 2 is 1.61 bits per heavy atom. The van der Waals surface area contributed by atoms with Crippen LogP contribution >= 0.6 is 0 Å². The molecule has 3 aromatic rings. The Morgan fingerprint density at radius 3 is 2.24 bits per heavy atom. The van der Waals surface area contributed by atoms with Gasteiger partial charge >= 0.3 is 11.7 Å². The van der Waals surface area contributed by atoms with Crippen LogP contribution in [0.3, 0.4) is 0 Å². The van der Waals surface area contributed by atoms with Crippen LogP contribution in [0, 0.1) is 20.2 Å². The van der Waals surface area contributed by atoms with Crippen LogP contribution < -0.4 is 16.2 Å². The standard InChI is InChI=1S/C19H15N7O7/c1-33-19(28)13-4-2-3-5-14(13)22-16-15(26(31)32)17(21-10-20-16)23-24-18(27)11-6-8-12(9-7-11)25(29)30/h2-10H,1H3,(H,24,27)(H2,20,21,22,23). The van der Waals surface area contributed by atoms with E-state index in [1.165, 1.54) is 31.4 Å². The number of methoxy groups -OCH3 is 1. The lowest BCUT2D eigenvalue weighted by atomic mass is 10.2. The third kappa shape index (κ3) is 5.13. The number of hydrazine groups is 1. The monoisotopic (exact) mass is 453 g/mol. The number of nitrogens with zero attached hydrogens (tertiary/aromatic N) is 4. The largest absolute Gasteiger partial charge is 0.465 e. The number of aromatic nitrogens is 2. The topological polar surface area (TPSA) is 192 Å². The Morgan fingerprint density at radius 1 is 0.939 bits per heavy atom. The first-order valence-electron chi connectivity index (χ1n) is 9.06. The van der Waals surface area contributed by atoms with Gasteiger partial charge in [0.1, 0.15) is 6.33 Å². The minimum atomic E-state index is -0.774. The first-order chi connectivity index (χ1) is 15.8. The molecule has 0 radical (unpaired) electrons. The zero-order chi connectivity index (χ0) is 24.0. The second-order valence-corrected chi connectivity index (χ2v) is 6.22. The highest BCUT2D eigenvalue weighted by Gasteiger charge is 2.25. The fourth-order valence-corrected chi connectivity index (χ4v) is 2.66. The number of esters is 1. The molecule has 0 aliphatic rings. The van der Waals surface area contributed by atoms with Gasteiger partial charge in [-0.1, -0.05) is 12.1 Å². The Kier molecular flexibility index (Phi) is 6.68. The molecule has 14 nitrogen and oxygen atoms in total. The molecule has 0 atom stereocenters. The lowest BCUT2D eigenvalue weighted by Crippen LogP contribution is -2.30. The number of carbonyl (C=O) groups excluding carboxylic acids is 2. The maximum Gasteiger partial charge on any atom is 0.355 e. The molecule has 0 aliphatic heterocycles. The first kappa shape index (κ1) is 22.5. The summed E-state index contributed by atoms with van der Waals surface area (Å²) < 4.78 is 4.70. The molecule has 0 unspecified atom stereocenters. The van der Waals surface area contributed by atoms with Crippen molar-refractivity contribution in [1.29, 1.82) is 0 Å². The van der Waals surface area contributed by atoms with E-state index in [0.29, 0.717) is 0 Å². The fourth-order valence-electron chi connectivity index (χ4n) is 2.66. The third-order valence-electron chi connectivity index (χ3n) is 4.23. The summed E-state index contributed by atoms with van der Waals surface area (Å²) >= 11 is 0. The van der Waals surface area contributed by atoms with Crippen molar-refractivity contribution in [2.75, 3.05) is 17.9 Å². The highest BCUT2D eigenvalue weighted by atomic mass is 16.6. The predicted octanol–water partition coefficient (Wildman–Crippen LogP) is 2.58. The average molecular weight is 453 g/mol. The highest BCUT2D eigenvalue weighted by molar-refractivity contribution is 5.97. The molecule has 0 saturated carbocycles. The highest BCUT2D eigenvalue weighted by Crippen LogP contribution is 2.32. The quantitative estimate of drug-likeness (QED) is 0.258. The van der Waals surface area contributed by atoms with E-state index in [1.807, 2.05) is 0 Å². The number of hydrogen-bond donors (Lipinski definition) is 3. The van der Waals surface area contributed by atoms with Gasteiger partial charge in [0.25, 0.3) is 11.6 Å². The minimum absolute atomic E-state index is 0.0650. The molecule has 0 saturated heterocycles. The number of ether oxygens (including phenoxy) is 1. The summed E-state index contributed by atoms with van der Waals surface area (Å²) in [6.45, 7) is 0. The summed E-state index contributed by atoms with van der Waals surface area (Å²) in [4.78, 5) is 52.9. The van der Waals surface area contributed by atoms with Gasteiger partial charge in [0, 0.05) is 17.7 Å². The molecule has 3 rings (SSSR count). The van der Waals surface area contributed by atoms with Crippen molar-refractivity contribution >= 4 is 40.6 Å². The van der Waals surface area contributed by atoms with Gasteiger partial charge in [0.2, 0.25) is 11.6 Å². The number of hydrogen-bond acceptors (Lipinski definition) is 11. The predicted molar refractivity (Wildman–Crippen MR) is 114 cm³/mol. The summed E-state index contributed by atoms with van der Waals surface area (Å²) in [5, 5.41) is 25.1. The van der Waals surface area contributed by atoms with Crippen LogP contribution in [0.25, 0.3) is 0 Å². The smallest absolute Gasteiger partial charge is 0.355 e. The molecule has 0 bridgehead atoms. The molecule has 33 heavy (non-hydrogen) atoms.